The van der Waals surface area contributed by atoms with Crippen LogP contribution in [0.25, 0.3) is 0 Å². The zero-order valence-electron chi connectivity index (χ0n) is 10.1. The first-order valence-corrected chi connectivity index (χ1v) is 6.22. The van der Waals surface area contributed by atoms with Crippen molar-refractivity contribution in [3.05, 3.63) is 52.4 Å². The van der Waals surface area contributed by atoms with E-state index in [2.05, 4.69) is 26.5 Å². The number of carbonyl (C=O) groups excluding carboxylic acids is 1. The lowest BCUT2D eigenvalue weighted by Crippen LogP contribution is -2.16. The molecule has 0 saturated heterocycles. The fraction of sp³-hybridized carbons (Fsp3) is 0.0769. The fourth-order valence-electron chi connectivity index (χ4n) is 1.42. The summed E-state index contributed by atoms with van der Waals surface area (Å²) in [6, 6.07) is 10.5. The van der Waals surface area contributed by atoms with Crippen LogP contribution < -0.4 is 10.2 Å². The van der Waals surface area contributed by atoms with Gasteiger partial charge in [0.1, 0.15) is 5.75 Å². The lowest BCUT2D eigenvalue weighted by atomic mass is 10.2. The molecule has 0 bridgehead atoms. The zero-order chi connectivity index (χ0) is 13.7. The van der Waals surface area contributed by atoms with Gasteiger partial charge in [-0.3, -0.25) is 4.79 Å². The van der Waals surface area contributed by atoms with Crippen LogP contribution in [0.4, 0.5) is 0 Å². The predicted molar refractivity (Wildman–Crippen MR) is 74.5 cm³/mol. The van der Waals surface area contributed by atoms with Gasteiger partial charge in [0.25, 0.3) is 0 Å². The van der Waals surface area contributed by atoms with Gasteiger partial charge in [0, 0.05) is 5.56 Å². The number of benzene rings is 1. The van der Waals surface area contributed by atoms with Crippen molar-refractivity contribution in [3.63, 3.8) is 0 Å². The number of amides is 1. The zero-order valence-corrected chi connectivity index (χ0v) is 11.7. The highest BCUT2D eigenvalue weighted by Gasteiger charge is 2.08. The van der Waals surface area contributed by atoms with Gasteiger partial charge < -0.3 is 9.15 Å². The molecular weight excluding hydrogens is 312 g/mol. The molecule has 0 aliphatic rings. The maximum atomic E-state index is 11.6. The van der Waals surface area contributed by atoms with Crippen molar-refractivity contribution in [2.24, 2.45) is 5.10 Å². The summed E-state index contributed by atoms with van der Waals surface area (Å²) in [6.07, 6.45) is 1.51. The van der Waals surface area contributed by atoms with Gasteiger partial charge in [-0.2, -0.15) is 5.10 Å². The minimum Gasteiger partial charge on any atom is -0.496 e. The average molecular weight is 323 g/mol. The summed E-state index contributed by atoms with van der Waals surface area (Å²) >= 11 is 3.12. The Balaban J connectivity index is 2.02. The van der Waals surface area contributed by atoms with Gasteiger partial charge in [-0.05, 0) is 40.2 Å². The molecule has 6 heteroatoms. The number of nitrogens with one attached hydrogen (secondary N) is 1. The van der Waals surface area contributed by atoms with Crippen LogP contribution in [0.3, 0.4) is 0 Å². The van der Waals surface area contributed by atoms with E-state index in [9.17, 15) is 4.79 Å². The van der Waals surface area contributed by atoms with Gasteiger partial charge in [0.05, 0.1) is 13.3 Å². The Labute approximate surface area is 118 Å². The number of hydrazone groups is 1. The van der Waals surface area contributed by atoms with Crippen LogP contribution in [0.2, 0.25) is 0 Å². The number of nitrogens with zero attached hydrogens (tertiary/aromatic N) is 1. The maximum Gasteiger partial charge on any atom is 0.307 e. The summed E-state index contributed by atoms with van der Waals surface area (Å²) in [4.78, 5) is 11.6. The smallest absolute Gasteiger partial charge is 0.307 e. The third kappa shape index (κ3) is 3.45. The van der Waals surface area contributed by atoms with Gasteiger partial charge >= 0.3 is 5.91 Å². The minimum atomic E-state index is -0.420. The average Bonchev–Trinajstić information content (AvgIpc) is 2.86. The molecule has 1 heterocycles. The number of hydrogen-bond acceptors (Lipinski definition) is 4. The third-order valence-corrected chi connectivity index (χ3v) is 2.73. The molecule has 1 N–H and O–H groups in total. The second-order valence-corrected chi connectivity index (χ2v) is 4.33. The van der Waals surface area contributed by atoms with Crippen molar-refractivity contribution in [1.82, 2.24) is 5.43 Å². The third-order valence-electron chi connectivity index (χ3n) is 2.31. The van der Waals surface area contributed by atoms with E-state index >= 15 is 0 Å². The van der Waals surface area contributed by atoms with Crippen molar-refractivity contribution in [3.8, 4) is 5.75 Å². The SMILES string of the molecule is COc1ccccc1/C=N\NC(=O)c1ccc(Br)o1. The van der Waals surface area contributed by atoms with Crippen molar-refractivity contribution in [2.75, 3.05) is 7.11 Å². The summed E-state index contributed by atoms with van der Waals surface area (Å²) < 4.78 is 10.8. The van der Waals surface area contributed by atoms with E-state index in [-0.39, 0.29) is 5.76 Å². The van der Waals surface area contributed by atoms with Gasteiger partial charge in [-0.15, -0.1) is 0 Å². The Kier molecular flexibility index (Phi) is 4.35. The number of methoxy groups -OCH3 is 1. The molecule has 1 amide bonds. The molecule has 0 aliphatic carbocycles. The number of ether oxygens (including phenoxy) is 1. The Morgan fingerprint density at radius 3 is 2.84 bits per heavy atom. The lowest BCUT2D eigenvalue weighted by molar-refractivity contribution is 0.0926. The topological polar surface area (TPSA) is 63.8 Å². The molecule has 1 aromatic carbocycles. The molecular formula is C13H11BrN2O3. The standard InChI is InChI=1S/C13H11BrN2O3/c1-18-10-5-3-2-4-9(10)8-15-16-13(17)11-6-7-12(14)19-11/h2-8H,1H3,(H,16,17)/b15-8-. The summed E-state index contributed by atoms with van der Waals surface area (Å²) in [6.45, 7) is 0. The quantitative estimate of drug-likeness (QED) is 0.695. The first-order valence-electron chi connectivity index (χ1n) is 5.42. The Morgan fingerprint density at radius 2 is 2.16 bits per heavy atom. The van der Waals surface area contributed by atoms with Gasteiger partial charge in [0.15, 0.2) is 10.4 Å². The number of halogens is 1. The van der Waals surface area contributed by atoms with Crippen molar-refractivity contribution < 1.29 is 13.9 Å². The van der Waals surface area contributed by atoms with E-state index in [4.69, 9.17) is 9.15 Å². The second kappa shape index (κ2) is 6.19. The summed E-state index contributed by atoms with van der Waals surface area (Å²) in [5.41, 5.74) is 3.14. The highest BCUT2D eigenvalue weighted by molar-refractivity contribution is 9.10. The van der Waals surface area contributed by atoms with Crippen molar-refractivity contribution in [1.29, 1.82) is 0 Å². The van der Waals surface area contributed by atoms with Gasteiger partial charge in [0.2, 0.25) is 0 Å². The van der Waals surface area contributed by atoms with E-state index in [1.165, 1.54) is 6.21 Å². The first-order chi connectivity index (χ1) is 9.20. The highest BCUT2D eigenvalue weighted by atomic mass is 79.9. The van der Waals surface area contributed by atoms with Crippen LogP contribution in [0.15, 0.2) is 50.6 Å². The van der Waals surface area contributed by atoms with E-state index in [0.717, 1.165) is 5.56 Å². The molecule has 5 nitrogen and oxygen atoms in total. The summed E-state index contributed by atoms with van der Waals surface area (Å²) in [5.74, 6) is 0.446. The second-order valence-electron chi connectivity index (χ2n) is 3.54. The molecule has 0 aliphatic heterocycles. The van der Waals surface area contributed by atoms with E-state index < -0.39 is 5.91 Å². The molecule has 2 aromatic rings. The maximum absolute atomic E-state index is 11.6. The van der Waals surface area contributed by atoms with Crippen LogP contribution in [-0.2, 0) is 0 Å². The van der Waals surface area contributed by atoms with E-state index in [1.54, 1.807) is 19.2 Å². The number of hydrogen-bond donors (Lipinski definition) is 1. The summed E-state index contributed by atoms with van der Waals surface area (Å²) in [7, 11) is 1.58. The normalized spacial score (nSPS) is 10.6. The van der Waals surface area contributed by atoms with E-state index in [0.29, 0.717) is 10.4 Å². The highest BCUT2D eigenvalue weighted by Crippen LogP contribution is 2.15. The molecule has 0 fully saturated rings. The number of rotatable bonds is 4. The van der Waals surface area contributed by atoms with Crippen LogP contribution in [0, 0.1) is 0 Å². The molecule has 0 radical (unpaired) electrons. The molecule has 0 saturated carbocycles. The van der Waals surface area contributed by atoms with Gasteiger partial charge in [-0.1, -0.05) is 12.1 Å². The summed E-state index contributed by atoms with van der Waals surface area (Å²) in [5, 5.41) is 3.86. The largest absolute Gasteiger partial charge is 0.496 e. The molecule has 98 valence electrons. The molecule has 2 rings (SSSR count). The molecule has 0 unspecified atom stereocenters. The number of carbonyl (C=O) groups is 1. The predicted octanol–water partition coefficient (Wildman–Crippen LogP) is 2.81. The van der Waals surface area contributed by atoms with E-state index in [1.807, 2.05) is 24.3 Å². The monoisotopic (exact) mass is 322 g/mol. The molecule has 1 aromatic heterocycles. The van der Waals surface area contributed by atoms with Crippen LogP contribution in [0.5, 0.6) is 5.75 Å². The Morgan fingerprint density at radius 1 is 1.37 bits per heavy atom. The lowest BCUT2D eigenvalue weighted by Gasteiger charge is -2.02. The van der Waals surface area contributed by atoms with Crippen LogP contribution in [-0.4, -0.2) is 19.2 Å². The Hall–Kier alpha value is -2.08. The molecule has 0 atom stereocenters. The van der Waals surface area contributed by atoms with Crippen molar-refractivity contribution >= 4 is 28.1 Å². The van der Waals surface area contributed by atoms with Gasteiger partial charge in [-0.25, -0.2) is 5.43 Å². The molecule has 0 spiro atoms. The Bertz CT molecular complexity index is 607. The number of para-hydroxylation sites is 1. The number of furan rings is 1. The fourth-order valence-corrected chi connectivity index (χ4v) is 1.73. The minimum absolute atomic E-state index is 0.184. The van der Waals surface area contributed by atoms with Crippen LogP contribution >= 0.6 is 15.9 Å². The van der Waals surface area contributed by atoms with Crippen molar-refractivity contribution in [2.45, 2.75) is 0 Å². The first kappa shape index (κ1) is 13.4. The van der Waals surface area contributed by atoms with Crippen LogP contribution in [0.1, 0.15) is 16.1 Å². The molecule has 19 heavy (non-hydrogen) atoms.